The van der Waals surface area contributed by atoms with Crippen molar-refractivity contribution in [3.8, 4) is 5.75 Å². The molecular weight excluding hydrogens is 188 g/mol. The third-order valence-corrected chi connectivity index (χ3v) is 2.59. The summed E-state index contributed by atoms with van der Waals surface area (Å²) < 4.78 is 5.13. The Hall–Kier alpha value is -1.02. The van der Waals surface area contributed by atoms with Crippen molar-refractivity contribution in [1.82, 2.24) is 0 Å². The minimum atomic E-state index is -0.441. The van der Waals surface area contributed by atoms with Gasteiger partial charge in [0.1, 0.15) is 5.75 Å². The molecule has 0 fully saturated rings. The van der Waals surface area contributed by atoms with E-state index in [2.05, 4.69) is 0 Å². The second-order valence-electron chi connectivity index (χ2n) is 4.99. The summed E-state index contributed by atoms with van der Waals surface area (Å²) in [7, 11) is 1.65. The average Bonchev–Trinajstić information content (AvgIpc) is 2.15. The Labute approximate surface area is 91.9 Å². The maximum atomic E-state index is 10.2. The molecule has 0 saturated carbocycles. The molecule has 0 bridgehead atoms. The summed E-state index contributed by atoms with van der Waals surface area (Å²) in [6.45, 7) is 8.08. The molecule has 1 rings (SSSR count). The van der Waals surface area contributed by atoms with Crippen LogP contribution in [0.5, 0.6) is 5.75 Å². The Kier molecular flexibility index (Phi) is 3.40. The van der Waals surface area contributed by atoms with E-state index in [9.17, 15) is 5.11 Å². The molecule has 0 aromatic heterocycles. The number of aryl methyl sites for hydroxylation is 1. The van der Waals surface area contributed by atoms with E-state index >= 15 is 0 Å². The van der Waals surface area contributed by atoms with Gasteiger partial charge < -0.3 is 9.84 Å². The third-order valence-electron chi connectivity index (χ3n) is 2.59. The molecular formula is C13H20O2. The van der Waals surface area contributed by atoms with Gasteiger partial charge in [-0.2, -0.15) is 0 Å². The Balaban J connectivity index is 3.06. The second-order valence-corrected chi connectivity index (χ2v) is 4.99. The number of aliphatic hydroxyl groups is 1. The third kappa shape index (κ3) is 2.72. The molecule has 0 amide bonds. The molecule has 84 valence electrons. The van der Waals surface area contributed by atoms with E-state index in [1.54, 1.807) is 7.11 Å². The van der Waals surface area contributed by atoms with Crippen molar-refractivity contribution in [1.29, 1.82) is 0 Å². The van der Waals surface area contributed by atoms with Crippen molar-refractivity contribution >= 4 is 0 Å². The van der Waals surface area contributed by atoms with Crippen molar-refractivity contribution < 1.29 is 9.84 Å². The summed E-state index contributed by atoms with van der Waals surface area (Å²) in [5, 5.41) is 10.2. The minimum Gasteiger partial charge on any atom is -0.497 e. The first-order chi connectivity index (χ1) is 6.86. The summed E-state index contributed by atoms with van der Waals surface area (Å²) in [6.07, 6.45) is -0.441. The van der Waals surface area contributed by atoms with E-state index in [1.165, 1.54) is 0 Å². The first-order valence-electron chi connectivity index (χ1n) is 5.19. The molecule has 0 aliphatic heterocycles. The lowest BCUT2D eigenvalue weighted by Crippen LogP contribution is -2.18. The second kappa shape index (κ2) is 4.23. The molecule has 1 unspecified atom stereocenters. The number of benzene rings is 1. The van der Waals surface area contributed by atoms with Crippen LogP contribution in [0.15, 0.2) is 18.2 Å². The number of methoxy groups -OCH3 is 1. The Bertz CT molecular complexity index is 337. The lowest BCUT2D eigenvalue weighted by atomic mass is 9.83. The lowest BCUT2D eigenvalue weighted by Gasteiger charge is -2.27. The quantitative estimate of drug-likeness (QED) is 0.809. The highest BCUT2D eigenvalue weighted by Crippen LogP contribution is 2.35. The Morgan fingerprint density at radius 1 is 1.27 bits per heavy atom. The van der Waals surface area contributed by atoms with Gasteiger partial charge in [0.2, 0.25) is 0 Å². The van der Waals surface area contributed by atoms with Gasteiger partial charge in [-0.15, -0.1) is 0 Å². The van der Waals surface area contributed by atoms with Crippen molar-refractivity contribution in [3.63, 3.8) is 0 Å². The number of rotatable bonds is 2. The van der Waals surface area contributed by atoms with Crippen LogP contribution >= 0.6 is 0 Å². The number of ether oxygens (including phenoxy) is 1. The average molecular weight is 208 g/mol. The molecule has 0 spiro atoms. The smallest absolute Gasteiger partial charge is 0.119 e. The van der Waals surface area contributed by atoms with E-state index in [-0.39, 0.29) is 5.41 Å². The zero-order chi connectivity index (χ0) is 11.6. The number of aliphatic hydroxyl groups excluding tert-OH is 1. The van der Waals surface area contributed by atoms with Crippen LogP contribution in [0.1, 0.15) is 38.0 Å². The van der Waals surface area contributed by atoms with Crippen LogP contribution < -0.4 is 4.74 Å². The molecule has 15 heavy (non-hydrogen) atoms. The van der Waals surface area contributed by atoms with Gasteiger partial charge in [-0.1, -0.05) is 26.8 Å². The van der Waals surface area contributed by atoms with Crippen molar-refractivity contribution in [2.45, 2.75) is 33.8 Å². The van der Waals surface area contributed by atoms with Gasteiger partial charge in [-0.25, -0.2) is 0 Å². The van der Waals surface area contributed by atoms with Crippen LogP contribution in [0.4, 0.5) is 0 Å². The molecule has 0 heterocycles. The largest absolute Gasteiger partial charge is 0.497 e. The first-order valence-corrected chi connectivity index (χ1v) is 5.19. The molecule has 0 radical (unpaired) electrons. The predicted molar refractivity (Wildman–Crippen MR) is 62.1 cm³/mol. The van der Waals surface area contributed by atoms with Gasteiger partial charge >= 0.3 is 0 Å². The van der Waals surface area contributed by atoms with E-state index in [0.717, 1.165) is 16.9 Å². The van der Waals surface area contributed by atoms with E-state index < -0.39 is 6.10 Å². The van der Waals surface area contributed by atoms with Gasteiger partial charge in [-0.05, 0) is 35.6 Å². The zero-order valence-corrected chi connectivity index (χ0v) is 10.2. The molecule has 1 atom stereocenters. The topological polar surface area (TPSA) is 29.5 Å². The van der Waals surface area contributed by atoms with Crippen molar-refractivity contribution in [2.75, 3.05) is 7.11 Å². The summed E-state index contributed by atoms with van der Waals surface area (Å²) in [6, 6.07) is 5.77. The molecule has 1 aromatic carbocycles. The van der Waals surface area contributed by atoms with Crippen molar-refractivity contribution in [2.24, 2.45) is 5.41 Å². The first kappa shape index (κ1) is 12.1. The van der Waals surface area contributed by atoms with Crippen LogP contribution in [0.25, 0.3) is 0 Å². The molecule has 0 saturated heterocycles. The number of hydrogen-bond donors (Lipinski definition) is 1. The minimum absolute atomic E-state index is 0.140. The highest BCUT2D eigenvalue weighted by Gasteiger charge is 2.24. The molecule has 1 aromatic rings. The standard InChI is InChI=1S/C13H20O2/c1-9-8-10(15-5)6-7-11(9)12(14)13(2,3)4/h6-8,12,14H,1-5H3. The maximum Gasteiger partial charge on any atom is 0.119 e. The SMILES string of the molecule is COc1ccc(C(O)C(C)(C)C)c(C)c1. The van der Waals surface area contributed by atoms with Gasteiger partial charge in [0.05, 0.1) is 13.2 Å². The van der Waals surface area contributed by atoms with Crippen molar-refractivity contribution in [3.05, 3.63) is 29.3 Å². The molecule has 2 nitrogen and oxygen atoms in total. The molecule has 2 heteroatoms. The van der Waals surface area contributed by atoms with Gasteiger partial charge in [0.15, 0.2) is 0 Å². The fourth-order valence-corrected chi connectivity index (χ4v) is 1.55. The van der Waals surface area contributed by atoms with Crippen LogP contribution in [0, 0.1) is 12.3 Å². The Morgan fingerprint density at radius 3 is 2.27 bits per heavy atom. The monoisotopic (exact) mass is 208 g/mol. The van der Waals surface area contributed by atoms with Gasteiger partial charge in [0.25, 0.3) is 0 Å². The zero-order valence-electron chi connectivity index (χ0n) is 10.2. The summed E-state index contributed by atoms with van der Waals surface area (Å²) in [5.41, 5.74) is 1.90. The maximum absolute atomic E-state index is 10.2. The van der Waals surface area contributed by atoms with Gasteiger partial charge in [0, 0.05) is 0 Å². The molecule has 0 aliphatic carbocycles. The lowest BCUT2D eigenvalue weighted by molar-refractivity contribution is 0.0621. The van der Waals surface area contributed by atoms with E-state index in [0.29, 0.717) is 0 Å². The molecule has 0 aliphatic rings. The number of hydrogen-bond acceptors (Lipinski definition) is 2. The van der Waals surface area contributed by atoms with E-state index in [4.69, 9.17) is 4.74 Å². The fraction of sp³-hybridized carbons (Fsp3) is 0.538. The van der Waals surface area contributed by atoms with Crippen LogP contribution in [-0.4, -0.2) is 12.2 Å². The van der Waals surface area contributed by atoms with Crippen LogP contribution in [0.2, 0.25) is 0 Å². The highest BCUT2D eigenvalue weighted by atomic mass is 16.5. The highest BCUT2D eigenvalue weighted by molar-refractivity contribution is 5.36. The van der Waals surface area contributed by atoms with Crippen LogP contribution in [0.3, 0.4) is 0 Å². The summed E-state index contributed by atoms with van der Waals surface area (Å²) in [5.74, 6) is 0.831. The summed E-state index contributed by atoms with van der Waals surface area (Å²) >= 11 is 0. The van der Waals surface area contributed by atoms with Gasteiger partial charge in [-0.3, -0.25) is 0 Å². The van der Waals surface area contributed by atoms with E-state index in [1.807, 2.05) is 45.9 Å². The van der Waals surface area contributed by atoms with Crippen LogP contribution in [-0.2, 0) is 0 Å². The normalized spacial score (nSPS) is 13.7. The Morgan fingerprint density at radius 2 is 1.87 bits per heavy atom. The fourth-order valence-electron chi connectivity index (χ4n) is 1.55. The summed E-state index contributed by atoms with van der Waals surface area (Å²) in [4.78, 5) is 0. The molecule has 1 N–H and O–H groups in total. The predicted octanol–water partition coefficient (Wildman–Crippen LogP) is 3.08.